The van der Waals surface area contributed by atoms with Crippen LogP contribution in [-0.2, 0) is 19.1 Å². The van der Waals surface area contributed by atoms with Gasteiger partial charge in [0.15, 0.2) is 12.4 Å². The van der Waals surface area contributed by atoms with Gasteiger partial charge in [-0.05, 0) is 32.0 Å². The number of ketones is 1. The van der Waals surface area contributed by atoms with E-state index in [0.29, 0.717) is 39.4 Å². The van der Waals surface area contributed by atoms with Crippen LogP contribution in [0.2, 0.25) is 0 Å². The predicted molar refractivity (Wildman–Crippen MR) is 125 cm³/mol. The number of ether oxygens (including phenoxy) is 3. The third-order valence-corrected chi connectivity index (χ3v) is 6.08. The summed E-state index contributed by atoms with van der Waals surface area (Å²) in [5.41, 5.74) is 3.85. The van der Waals surface area contributed by atoms with Crippen molar-refractivity contribution in [1.29, 1.82) is 0 Å². The minimum absolute atomic E-state index is 0.177. The Hall–Kier alpha value is -3.39. The molecule has 0 bridgehead atoms. The molecule has 2 aliphatic rings. The number of benzene rings is 2. The van der Waals surface area contributed by atoms with Gasteiger partial charge in [-0.1, -0.05) is 40.2 Å². The summed E-state index contributed by atoms with van der Waals surface area (Å²) >= 11 is 3.48. The number of methoxy groups -OCH3 is 1. The van der Waals surface area contributed by atoms with E-state index in [9.17, 15) is 14.4 Å². The van der Waals surface area contributed by atoms with Crippen LogP contribution in [0, 0.1) is 0 Å². The first kappa shape index (κ1) is 22.8. The molecule has 1 aliphatic carbocycles. The number of hydrogen-bond donors (Lipinski definition) is 1. The van der Waals surface area contributed by atoms with E-state index >= 15 is 0 Å². The number of nitrogens with one attached hydrogen (secondary N) is 1. The molecular formula is C25H22BrNO6. The molecule has 0 saturated heterocycles. The Labute approximate surface area is 199 Å². The SMILES string of the molecule is CCOC(=O)COc1ccc(Br)cc1[C@@H]1C(C(=O)OC)=C(C)NC2=C1C(=O)c1ccccc12. The molecule has 0 spiro atoms. The average molecular weight is 512 g/mol. The van der Waals surface area contributed by atoms with Crippen molar-refractivity contribution in [3.63, 3.8) is 0 Å². The fourth-order valence-corrected chi connectivity index (χ4v) is 4.61. The van der Waals surface area contributed by atoms with E-state index in [1.807, 2.05) is 12.1 Å². The highest BCUT2D eigenvalue weighted by Gasteiger charge is 2.43. The number of allylic oxidation sites excluding steroid dienone is 2. The molecule has 2 aromatic carbocycles. The van der Waals surface area contributed by atoms with E-state index in [2.05, 4.69) is 21.2 Å². The van der Waals surface area contributed by atoms with E-state index in [1.54, 1.807) is 44.2 Å². The summed E-state index contributed by atoms with van der Waals surface area (Å²) in [6.45, 7) is 3.42. The normalized spacial score (nSPS) is 16.7. The van der Waals surface area contributed by atoms with Crippen molar-refractivity contribution in [2.45, 2.75) is 19.8 Å². The highest BCUT2D eigenvalue weighted by Crippen LogP contribution is 2.49. The molecule has 1 heterocycles. The van der Waals surface area contributed by atoms with Crippen LogP contribution < -0.4 is 10.1 Å². The third-order valence-electron chi connectivity index (χ3n) is 5.59. The average Bonchev–Trinajstić information content (AvgIpc) is 3.09. The lowest BCUT2D eigenvalue weighted by atomic mass is 9.79. The van der Waals surface area contributed by atoms with Gasteiger partial charge in [0.1, 0.15) is 5.75 Å². The van der Waals surface area contributed by atoms with Gasteiger partial charge in [0.05, 0.1) is 30.9 Å². The molecule has 1 N–H and O–H groups in total. The number of carbonyl (C=O) groups excluding carboxylic acids is 3. The molecule has 2 aromatic rings. The minimum atomic E-state index is -0.761. The van der Waals surface area contributed by atoms with Crippen molar-refractivity contribution in [2.24, 2.45) is 0 Å². The summed E-state index contributed by atoms with van der Waals surface area (Å²) in [5, 5.41) is 3.24. The van der Waals surface area contributed by atoms with Crippen molar-refractivity contribution >= 4 is 39.3 Å². The molecule has 8 heteroatoms. The van der Waals surface area contributed by atoms with Gasteiger partial charge in [-0.3, -0.25) is 4.79 Å². The van der Waals surface area contributed by atoms with E-state index in [-0.39, 0.29) is 19.0 Å². The quantitative estimate of drug-likeness (QED) is 0.582. The molecule has 1 aliphatic heterocycles. The zero-order chi connectivity index (χ0) is 23.7. The first-order chi connectivity index (χ1) is 15.9. The van der Waals surface area contributed by atoms with Gasteiger partial charge in [-0.15, -0.1) is 0 Å². The van der Waals surface area contributed by atoms with Crippen molar-refractivity contribution < 1.29 is 28.6 Å². The van der Waals surface area contributed by atoms with Crippen molar-refractivity contribution in [3.05, 3.63) is 80.5 Å². The van der Waals surface area contributed by atoms with Crippen LogP contribution in [0.4, 0.5) is 0 Å². The molecule has 170 valence electrons. The Morgan fingerprint density at radius 1 is 1.12 bits per heavy atom. The topological polar surface area (TPSA) is 90.9 Å². The van der Waals surface area contributed by atoms with Crippen LogP contribution in [0.3, 0.4) is 0 Å². The fraction of sp³-hybridized carbons (Fsp3) is 0.240. The summed E-state index contributed by atoms with van der Waals surface area (Å²) in [6, 6.07) is 12.5. The molecule has 0 saturated carbocycles. The van der Waals surface area contributed by atoms with Crippen LogP contribution in [0.1, 0.15) is 41.3 Å². The molecule has 7 nitrogen and oxygen atoms in total. The highest BCUT2D eigenvalue weighted by molar-refractivity contribution is 9.10. The predicted octanol–water partition coefficient (Wildman–Crippen LogP) is 4.13. The molecule has 0 amide bonds. The molecule has 0 aromatic heterocycles. The summed E-state index contributed by atoms with van der Waals surface area (Å²) in [5.74, 6) is -1.65. The van der Waals surface area contributed by atoms with Gasteiger partial charge >= 0.3 is 11.9 Å². The number of carbonyl (C=O) groups is 3. The first-order valence-corrected chi connectivity index (χ1v) is 11.2. The summed E-state index contributed by atoms with van der Waals surface area (Å²) in [4.78, 5) is 38.3. The van der Waals surface area contributed by atoms with E-state index in [0.717, 1.165) is 10.0 Å². The Kier molecular flexibility index (Phi) is 6.37. The standard InChI is InChI=1S/C25H22BrNO6/c1-4-32-19(28)12-33-18-10-9-14(26)11-17(18)21-20(25(30)31-3)13(2)27-23-15-7-5-6-8-16(15)24(29)22(21)23/h5-11,21,27H,4,12H2,1-3H3/t21-/m1/s1. The lowest BCUT2D eigenvalue weighted by Crippen LogP contribution is -2.29. The van der Waals surface area contributed by atoms with Crippen LogP contribution >= 0.6 is 15.9 Å². The molecule has 0 radical (unpaired) electrons. The number of esters is 2. The lowest BCUT2D eigenvalue weighted by Gasteiger charge is -2.30. The first-order valence-electron chi connectivity index (χ1n) is 10.4. The zero-order valence-corrected chi connectivity index (χ0v) is 19.9. The number of rotatable bonds is 6. The zero-order valence-electron chi connectivity index (χ0n) is 18.4. The minimum Gasteiger partial charge on any atom is -0.482 e. The number of fused-ring (bicyclic) bond motifs is 2. The van der Waals surface area contributed by atoms with Gasteiger partial charge in [0.2, 0.25) is 0 Å². The Morgan fingerprint density at radius 2 is 1.85 bits per heavy atom. The summed E-state index contributed by atoms with van der Waals surface area (Å²) in [6.07, 6.45) is 0. The maximum Gasteiger partial charge on any atom is 0.344 e. The fourth-order valence-electron chi connectivity index (χ4n) is 4.24. The maximum absolute atomic E-state index is 13.5. The third kappa shape index (κ3) is 4.06. The summed E-state index contributed by atoms with van der Waals surface area (Å²) < 4.78 is 16.6. The Bertz CT molecular complexity index is 1230. The largest absolute Gasteiger partial charge is 0.482 e. The monoisotopic (exact) mass is 511 g/mol. The van der Waals surface area contributed by atoms with Crippen molar-refractivity contribution in [3.8, 4) is 5.75 Å². The Morgan fingerprint density at radius 3 is 2.55 bits per heavy atom. The second-order valence-electron chi connectivity index (χ2n) is 7.53. The summed E-state index contributed by atoms with van der Waals surface area (Å²) in [7, 11) is 1.30. The molecule has 0 unspecified atom stereocenters. The number of dihydropyridines is 1. The molecule has 4 rings (SSSR count). The van der Waals surface area contributed by atoms with Gasteiger partial charge in [-0.25, -0.2) is 9.59 Å². The van der Waals surface area contributed by atoms with Crippen molar-refractivity contribution in [2.75, 3.05) is 20.3 Å². The van der Waals surface area contributed by atoms with Crippen molar-refractivity contribution in [1.82, 2.24) is 5.32 Å². The van der Waals surface area contributed by atoms with E-state index < -0.39 is 17.9 Å². The van der Waals surface area contributed by atoms with Gasteiger partial charge in [0, 0.05) is 32.4 Å². The van der Waals surface area contributed by atoms with E-state index in [4.69, 9.17) is 14.2 Å². The molecule has 0 fully saturated rings. The molecular weight excluding hydrogens is 490 g/mol. The van der Waals surface area contributed by atoms with Crippen LogP contribution in [0.5, 0.6) is 5.75 Å². The van der Waals surface area contributed by atoms with Crippen LogP contribution in [0.25, 0.3) is 5.70 Å². The molecule has 33 heavy (non-hydrogen) atoms. The van der Waals surface area contributed by atoms with E-state index in [1.165, 1.54) is 7.11 Å². The maximum atomic E-state index is 13.5. The van der Waals surface area contributed by atoms with Crippen LogP contribution in [-0.4, -0.2) is 38.0 Å². The highest BCUT2D eigenvalue weighted by atomic mass is 79.9. The number of hydrogen-bond acceptors (Lipinski definition) is 7. The molecule has 1 atom stereocenters. The van der Waals surface area contributed by atoms with Crippen LogP contribution in [0.15, 0.2) is 63.8 Å². The Balaban J connectivity index is 1.88. The smallest absolute Gasteiger partial charge is 0.344 e. The second kappa shape index (κ2) is 9.23. The second-order valence-corrected chi connectivity index (χ2v) is 8.44. The van der Waals surface area contributed by atoms with Gasteiger partial charge < -0.3 is 19.5 Å². The number of halogens is 1. The van der Waals surface area contributed by atoms with Gasteiger partial charge in [0.25, 0.3) is 0 Å². The lowest BCUT2D eigenvalue weighted by molar-refractivity contribution is -0.145. The number of Topliss-reactive ketones (excluding diaryl/α,β-unsaturated/α-hetero) is 1. The van der Waals surface area contributed by atoms with Gasteiger partial charge in [-0.2, -0.15) is 0 Å².